The van der Waals surface area contributed by atoms with Gasteiger partial charge in [0.1, 0.15) is 0 Å². The Morgan fingerprint density at radius 2 is 2.14 bits per heavy atom. The number of nitrogens with one attached hydrogen (secondary N) is 2. The normalized spacial score (nSPS) is 18.5. The maximum atomic E-state index is 12.8. The highest BCUT2D eigenvalue weighted by Crippen LogP contribution is 2.35. The molecule has 21 heavy (non-hydrogen) atoms. The zero-order chi connectivity index (χ0) is 15.2. The molecule has 0 saturated heterocycles. The fourth-order valence-electron chi connectivity index (χ4n) is 2.89. The van der Waals surface area contributed by atoms with Crippen molar-refractivity contribution in [3.63, 3.8) is 0 Å². The van der Waals surface area contributed by atoms with Crippen LogP contribution in [0.25, 0.3) is 10.9 Å². The van der Waals surface area contributed by atoms with E-state index in [-0.39, 0.29) is 6.04 Å². The van der Waals surface area contributed by atoms with Gasteiger partial charge in [-0.25, -0.2) is 4.79 Å². The lowest BCUT2D eigenvalue weighted by atomic mass is 9.91. The monoisotopic (exact) mass is 298 g/mol. The number of aromatic amines is 1. The quantitative estimate of drug-likeness (QED) is 0.756. The molecule has 0 fully saturated rings. The van der Waals surface area contributed by atoms with Crippen LogP contribution in [0.3, 0.4) is 0 Å². The second-order valence-corrected chi connectivity index (χ2v) is 5.23. The van der Waals surface area contributed by atoms with E-state index in [4.69, 9.17) is 5.11 Å². The molecular weight excluding hydrogens is 285 g/mol. The van der Waals surface area contributed by atoms with Crippen LogP contribution in [0.1, 0.15) is 23.2 Å². The molecule has 7 heteroatoms. The molecule has 1 aromatic heterocycles. The van der Waals surface area contributed by atoms with E-state index in [0.29, 0.717) is 30.2 Å². The fraction of sp³-hybridized carbons (Fsp3) is 0.357. The summed E-state index contributed by atoms with van der Waals surface area (Å²) < 4.78 is 38.4. The minimum absolute atomic E-state index is 0.261. The number of hydrogen-bond donors (Lipinski definition) is 3. The van der Waals surface area contributed by atoms with Gasteiger partial charge in [0.15, 0.2) is 0 Å². The third kappa shape index (κ3) is 2.55. The Morgan fingerprint density at radius 1 is 1.38 bits per heavy atom. The van der Waals surface area contributed by atoms with Crippen molar-refractivity contribution < 1.29 is 23.1 Å². The molecule has 1 unspecified atom stereocenters. The van der Waals surface area contributed by atoms with Gasteiger partial charge in [0.25, 0.3) is 0 Å². The third-order valence-corrected chi connectivity index (χ3v) is 3.84. The van der Waals surface area contributed by atoms with Crippen LogP contribution < -0.4 is 5.32 Å². The smallest absolute Gasteiger partial charge is 0.416 e. The molecule has 0 aliphatic heterocycles. The number of alkyl halides is 3. The first-order chi connectivity index (χ1) is 9.84. The summed E-state index contributed by atoms with van der Waals surface area (Å²) in [6.07, 6.45) is -3.83. The van der Waals surface area contributed by atoms with E-state index < -0.39 is 17.8 Å². The van der Waals surface area contributed by atoms with Gasteiger partial charge in [-0.2, -0.15) is 13.2 Å². The molecule has 0 bridgehead atoms. The summed E-state index contributed by atoms with van der Waals surface area (Å²) in [7, 11) is 0. The van der Waals surface area contributed by atoms with Crippen LogP contribution >= 0.6 is 0 Å². The highest BCUT2D eigenvalue weighted by atomic mass is 19.4. The average Bonchev–Trinajstić information content (AvgIpc) is 2.74. The van der Waals surface area contributed by atoms with E-state index in [0.717, 1.165) is 23.4 Å². The molecule has 1 aliphatic rings. The Labute approximate surface area is 118 Å². The molecule has 2 aromatic rings. The van der Waals surface area contributed by atoms with Crippen LogP contribution in [-0.2, 0) is 19.0 Å². The van der Waals surface area contributed by atoms with Gasteiger partial charge < -0.3 is 15.4 Å². The standard InChI is InChI=1S/C14H13F3N2O2/c15-14(16,17)7-1-3-11-9(5-7)10-6-8(18-13(20)21)2-4-12(10)19-11/h1,3,5,8,18-19H,2,4,6H2,(H,20,21). The van der Waals surface area contributed by atoms with Crippen LogP contribution in [0.5, 0.6) is 0 Å². The minimum atomic E-state index is -4.38. The van der Waals surface area contributed by atoms with Gasteiger partial charge in [-0.05, 0) is 43.0 Å². The molecule has 112 valence electrons. The van der Waals surface area contributed by atoms with Crippen molar-refractivity contribution in [2.24, 2.45) is 0 Å². The number of aryl methyl sites for hydroxylation is 1. The third-order valence-electron chi connectivity index (χ3n) is 3.84. The first-order valence-electron chi connectivity index (χ1n) is 6.54. The number of fused-ring (bicyclic) bond motifs is 3. The van der Waals surface area contributed by atoms with Crippen LogP contribution in [0.4, 0.5) is 18.0 Å². The minimum Gasteiger partial charge on any atom is -0.465 e. The summed E-state index contributed by atoms with van der Waals surface area (Å²) >= 11 is 0. The van der Waals surface area contributed by atoms with Crippen molar-refractivity contribution >= 4 is 17.0 Å². The summed E-state index contributed by atoms with van der Waals surface area (Å²) in [5, 5.41) is 11.7. The van der Waals surface area contributed by atoms with E-state index in [9.17, 15) is 18.0 Å². The van der Waals surface area contributed by atoms with Gasteiger partial charge in [-0.15, -0.1) is 0 Å². The summed E-state index contributed by atoms with van der Waals surface area (Å²) in [5.41, 5.74) is 1.64. The Bertz CT molecular complexity index is 706. The molecule has 1 atom stereocenters. The van der Waals surface area contributed by atoms with Crippen molar-refractivity contribution in [1.82, 2.24) is 10.3 Å². The van der Waals surface area contributed by atoms with Crippen molar-refractivity contribution in [3.8, 4) is 0 Å². The van der Waals surface area contributed by atoms with Gasteiger partial charge in [0.2, 0.25) is 0 Å². The number of carboxylic acid groups (broad SMARTS) is 1. The second kappa shape index (κ2) is 4.68. The molecule has 0 spiro atoms. The predicted molar refractivity (Wildman–Crippen MR) is 70.3 cm³/mol. The van der Waals surface area contributed by atoms with Gasteiger partial charge in [0.05, 0.1) is 5.56 Å². The van der Waals surface area contributed by atoms with E-state index in [1.54, 1.807) is 0 Å². The van der Waals surface area contributed by atoms with Gasteiger partial charge in [-0.3, -0.25) is 0 Å². The summed E-state index contributed by atoms with van der Waals surface area (Å²) in [6.45, 7) is 0. The number of H-pyrrole nitrogens is 1. The van der Waals surface area contributed by atoms with E-state index in [1.807, 2.05) is 0 Å². The summed E-state index contributed by atoms with van der Waals surface area (Å²) in [4.78, 5) is 13.8. The molecule has 1 aliphatic carbocycles. The summed E-state index contributed by atoms with van der Waals surface area (Å²) in [5.74, 6) is 0. The van der Waals surface area contributed by atoms with E-state index in [1.165, 1.54) is 6.07 Å². The number of aromatic nitrogens is 1. The summed E-state index contributed by atoms with van der Waals surface area (Å²) in [6, 6.07) is 3.35. The molecule has 1 aromatic carbocycles. The Morgan fingerprint density at radius 3 is 2.81 bits per heavy atom. The van der Waals surface area contributed by atoms with Gasteiger partial charge in [-0.1, -0.05) is 0 Å². The van der Waals surface area contributed by atoms with Gasteiger partial charge in [0, 0.05) is 22.6 Å². The van der Waals surface area contributed by atoms with Crippen LogP contribution in [0.2, 0.25) is 0 Å². The van der Waals surface area contributed by atoms with Crippen molar-refractivity contribution in [2.75, 3.05) is 0 Å². The lowest BCUT2D eigenvalue weighted by Gasteiger charge is -2.22. The maximum Gasteiger partial charge on any atom is 0.416 e. The number of amides is 1. The highest BCUT2D eigenvalue weighted by Gasteiger charge is 2.31. The number of rotatable bonds is 1. The Hall–Kier alpha value is -2.18. The first-order valence-corrected chi connectivity index (χ1v) is 6.54. The molecule has 0 saturated carbocycles. The Balaban J connectivity index is 2.02. The van der Waals surface area contributed by atoms with E-state index in [2.05, 4.69) is 10.3 Å². The predicted octanol–water partition coefficient (Wildman–Crippen LogP) is 3.31. The molecule has 1 amide bonds. The number of benzene rings is 1. The highest BCUT2D eigenvalue weighted by molar-refractivity contribution is 5.86. The van der Waals surface area contributed by atoms with Crippen molar-refractivity contribution in [2.45, 2.75) is 31.5 Å². The molecule has 3 rings (SSSR count). The molecule has 0 radical (unpaired) electrons. The lowest BCUT2D eigenvalue weighted by molar-refractivity contribution is -0.137. The zero-order valence-corrected chi connectivity index (χ0v) is 10.9. The van der Waals surface area contributed by atoms with Crippen LogP contribution in [0, 0.1) is 0 Å². The zero-order valence-electron chi connectivity index (χ0n) is 10.9. The maximum absolute atomic E-state index is 12.8. The first kappa shape index (κ1) is 13.8. The number of carbonyl (C=O) groups is 1. The van der Waals surface area contributed by atoms with Crippen LogP contribution in [0.15, 0.2) is 18.2 Å². The molecule has 3 N–H and O–H groups in total. The van der Waals surface area contributed by atoms with Crippen LogP contribution in [-0.4, -0.2) is 22.2 Å². The van der Waals surface area contributed by atoms with Gasteiger partial charge >= 0.3 is 12.3 Å². The Kier molecular flexibility index (Phi) is 3.07. The average molecular weight is 298 g/mol. The number of hydrogen-bond acceptors (Lipinski definition) is 1. The van der Waals surface area contributed by atoms with E-state index >= 15 is 0 Å². The molecule has 4 nitrogen and oxygen atoms in total. The fourth-order valence-corrected chi connectivity index (χ4v) is 2.89. The lowest BCUT2D eigenvalue weighted by Crippen LogP contribution is -2.37. The van der Waals surface area contributed by atoms with Crippen molar-refractivity contribution in [1.29, 1.82) is 0 Å². The van der Waals surface area contributed by atoms with Crippen molar-refractivity contribution in [3.05, 3.63) is 35.0 Å². The second-order valence-electron chi connectivity index (χ2n) is 5.23. The number of halogens is 3. The SMILES string of the molecule is O=C(O)NC1CCc2[nH]c3ccc(C(F)(F)F)cc3c2C1. The topological polar surface area (TPSA) is 65.1 Å². The molecule has 1 heterocycles. The molecular formula is C14H13F3N2O2. The largest absolute Gasteiger partial charge is 0.465 e.